The van der Waals surface area contributed by atoms with Crippen LogP contribution in [0.3, 0.4) is 0 Å². The minimum absolute atomic E-state index is 0.0616. The Morgan fingerprint density at radius 2 is 1.76 bits per heavy atom. The molecule has 0 spiro atoms. The lowest BCUT2D eigenvalue weighted by molar-refractivity contribution is -0.123. The van der Waals surface area contributed by atoms with Crippen molar-refractivity contribution in [1.29, 1.82) is 0 Å². The van der Waals surface area contributed by atoms with Gasteiger partial charge in [0.1, 0.15) is 5.52 Å². The SMILES string of the molecule is COc1cc(C2C3=CCC4C(=O)N(c5ccc(-c6nc7ccccc7o6)cc5)C(=O)C4C3CC3=C2C(=O)C=C(Br)C3=O)ccc1O. The number of rotatable bonds is 4. The van der Waals surface area contributed by atoms with E-state index in [0.717, 1.165) is 11.1 Å². The number of imide groups is 1. The van der Waals surface area contributed by atoms with Gasteiger partial charge >= 0.3 is 0 Å². The molecule has 9 nitrogen and oxygen atoms in total. The molecule has 0 saturated carbocycles. The molecule has 1 N–H and O–H groups in total. The summed E-state index contributed by atoms with van der Waals surface area (Å²) < 4.78 is 11.4. The maximum Gasteiger partial charge on any atom is 0.238 e. The van der Waals surface area contributed by atoms with Crippen LogP contribution in [0, 0.1) is 17.8 Å². The minimum atomic E-state index is -0.715. The van der Waals surface area contributed by atoms with Crippen LogP contribution < -0.4 is 9.64 Å². The van der Waals surface area contributed by atoms with E-state index in [1.165, 1.54) is 24.2 Å². The number of Topliss-reactive ketones (excluding diaryl/α,β-unsaturated/α-hetero) is 1. The number of hydrogen-bond acceptors (Lipinski definition) is 8. The predicted molar refractivity (Wildman–Crippen MR) is 171 cm³/mol. The number of amides is 2. The second-order valence-corrected chi connectivity index (χ2v) is 12.7. The summed E-state index contributed by atoms with van der Waals surface area (Å²) in [5, 5.41) is 10.3. The number of ketones is 2. The molecule has 4 unspecified atom stereocenters. The third kappa shape index (κ3) is 4.16. The molecule has 4 aromatic rings. The summed E-state index contributed by atoms with van der Waals surface area (Å²) in [6.07, 6.45) is 3.71. The number of methoxy groups -OCH3 is 1. The Labute approximate surface area is 271 Å². The fourth-order valence-corrected chi connectivity index (χ4v) is 7.91. The number of phenols is 1. The van der Waals surface area contributed by atoms with E-state index in [9.17, 15) is 24.3 Å². The van der Waals surface area contributed by atoms with Gasteiger partial charge in [0.15, 0.2) is 28.6 Å². The van der Waals surface area contributed by atoms with Crippen LogP contribution in [0.4, 0.5) is 5.69 Å². The third-order valence-electron chi connectivity index (χ3n) is 9.53. The first-order valence-corrected chi connectivity index (χ1v) is 15.6. The highest BCUT2D eigenvalue weighted by Gasteiger charge is 2.56. The third-order valence-corrected chi connectivity index (χ3v) is 10.1. The number of aromatic nitrogens is 1. The normalized spacial score (nSPS) is 24.1. The lowest BCUT2D eigenvalue weighted by Gasteiger charge is -2.42. The second kappa shape index (κ2) is 10.5. The Morgan fingerprint density at radius 1 is 0.978 bits per heavy atom. The zero-order valence-corrected chi connectivity index (χ0v) is 26.0. The fourth-order valence-electron chi connectivity index (χ4n) is 7.46. The number of oxazole rings is 1. The van der Waals surface area contributed by atoms with Gasteiger partial charge in [0.05, 0.1) is 29.1 Å². The minimum Gasteiger partial charge on any atom is -0.504 e. The van der Waals surface area contributed by atoms with Crippen LogP contribution in [0.25, 0.3) is 22.6 Å². The number of carbonyl (C=O) groups excluding carboxylic acids is 4. The molecule has 3 aliphatic carbocycles. The molecule has 3 aromatic carbocycles. The molecule has 1 fully saturated rings. The number of fused-ring (bicyclic) bond motifs is 4. The van der Waals surface area contributed by atoms with Gasteiger partial charge in [-0.15, -0.1) is 0 Å². The van der Waals surface area contributed by atoms with E-state index in [0.29, 0.717) is 45.9 Å². The summed E-state index contributed by atoms with van der Waals surface area (Å²) >= 11 is 3.25. The molecule has 0 radical (unpaired) electrons. The van der Waals surface area contributed by atoms with E-state index < -0.39 is 23.7 Å². The number of carbonyl (C=O) groups is 4. The molecule has 0 bridgehead atoms. The molecule has 2 heterocycles. The van der Waals surface area contributed by atoms with Crippen LogP contribution in [-0.2, 0) is 19.2 Å². The summed E-state index contributed by atoms with van der Waals surface area (Å²) in [5.74, 6) is -3.10. The summed E-state index contributed by atoms with van der Waals surface area (Å²) in [4.78, 5) is 60.8. The van der Waals surface area contributed by atoms with Crippen molar-refractivity contribution >= 4 is 56.1 Å². The van der Waals surface area contributed by atoms with Gasteiger partial charge in [-0.05, 0) is 88.8 Å². The van der Waals surface area contributed by atoms with Gasteiger partial charge < -0.3 is 14.3 Å². The van der Waals surface area contributed by atoms with E-state index in [4.69, 9.17) is 9.15 Å². The summed E-state index contributed by atoms with van der Waals surface area (Å²) in [7, 11) is 1.43. The topological polar surface area (TPSA) is 127 Å². The average molecular weight is 678 g/mol. The highest BCUT2D eigenvalue weighted by atomic mass is 79.9. The van der Waals surface area contributed by atoms with E-state index in [-0.39, 0.29) is 45.8 Å². The van der Waals surface area contributed by atoms with Gasteiger partial charge in [-0.1, -0.05) is 29.8 Å². The molecule has 1 aliphatic heterocycles. The predicted octanol–water partition coefficient (Wildman–Crippen LogP) is 6.18. The zero-order chi connectivity index (χ0) is 31.9. The second-order valence-electron chi connectivity index (χ2n) is 11.9. The summed E-state index contributed by atoms with van der Waals surface area (Å²) in [5.41, 5.74) is 4.69. The van der Waals surface area contributed by atoms with Gasteiger partial charge in [0, 0.05) is 28.7 Å². The number of aromatic hydroxyl groups is 1. The van der Waals surface area contributed by atoms with E-state index >= 15 is 0 Å². The molecule has 10 heteroatoms. The number of phenolic OH excluding ortho intramolecular Hbond substituents is 1. The fraction of sp³-hybridized carbons (Fsp3) is 0.194. The molecule has 4 atom stereocenters. The molecule has 228 valence electrons. The highest BCUT2D eigenvalue weighted by Crippen LogP contribution is 2.56. The van der Waals surface area contributed by atoms with Gasteiger partial charge in [-0.2, -0.15) is 0 Å². The van der Waals surface area contributed by atoms with Gasteiger partial charge in [0.25, 0.3) is 0 Å². The quantitative estimate of drug-likeness (QED) is 0.154. The van der Waals surface area contributed by atoms with Crippen LogP contribution in [0.1, 0.15) is 24.3 Å². The number of hydrogen-bond donors (Lipinski definition) is 1. The maximum absolute atomic E-state index is 14.2. The molecular weight excluding hydrogens is 652 g/mol. The Bertz CT molecular complexity index is 2090. The highest BCUT2D eigenvalue weighted by molar-refractivity contribution is 9.12. The standard InChI is InChI=1S/C36H25BrN2O7/c1-45-29-14-18(8-13-26(29)40)30-20-11-12-21-31(22(20)15-23-32(30)27(41)16-24(37)33(23)42)36(44)39(35(21)43)19-9-6-17(7-10-19)34-38-25-4-2-3-5-28(25)46-34/h2-11,13-14,16,21-22,30-31,40H,12,15H2,1H3. The number of anilines is 1. The lowest BCUT2D eigenvalue weighted by atomic mass is 9.59. The monoisotopic (exact) mass is 676 g/mol. The molecule has 2 amide bonds. The molecular formula is C36H25BrN2O7. The van der Waals surface area contributed by atoms with Crippen molar-refractivity contribution in [3.8, 4) is 23.0 Å². The summed E-state index contributed by atoms with van der Waals surface area (Å²) in [6.45, 7) is 0. The number of allylic oxidation sites excluding steroid dienone is 6. The van der Waals surface area contributed by atoms with Crippen molar-refractivity contribution < 1.29 is 33.4 Å². The van der Waals surface area contributed by atoms with Crippen LogP contribution in [-0.4, -0.2) is 40.6 Å². The molecule has 1 aromatic heterocycles. The largest absolute Gasteiger partial charge is 0.504 e. The number of benzene rings is 3. The molecule has 4 aliphatic rings. The maximum atomic E-state index is 14.2. The van der Waals surface area contributed by atoms with Crippen molar-refractivity contribution in [2.24, 2.45) is 17.8 Å². The van der Waals surface area contributed by atoms with Crippen LogP contribution in [0.15, 0.2) is 105 Å². The first-order valence-electron chi connectivity index (χ1n) is 14.8. The number of ether oxygens (including phenoxy) is 1. The number of nitrogens with zero attached hydrogens (tertiary/aromatic N) is 2. The van der Waals surface area contributed by atoms with Crippen molar-refractivity contribution in [3.63, 3.8) is 0 Å². The smallest absolute Gasteiger partial charge is 0.238 e. The number of halogens is 1. The van der Waals surface area contributed by atoms with Crippen LogP contribution >= 0.6 is 15.9 Å². The van der Waals surface area contributed by atoms with Crippen molar-refractivity contribution in [2.45, 2.75) is 18.8 Å². The Kier molecular flexibility index (Phi) is 6.47. The van der Waals surface area contributed by atoms with Gasteiger partial charge in [-0.25, -0.2) is 4.98 Å². The van der Waals surface area contributed by atoms with Crippen molar-refractivity contribution in [3.05, 3.63) is 106 Å². The molecule has 46 heavy (non-hydrogen) atoms. The molecule has 8 rings (SSSR count). The molecule has 1 saturated heterocycles. The van der Waals surface area contributed by atoms with E-state index in [1.807, 2.05) is 30.3 Å². The Hall–Kier alpha value is -5.09. The zero-order valence-electron chi connectivity index (χ0n) is 24.4. The van der Waals surface area contributed by atoms with Crippen LogP contribution in [0.2, 0.25) is 0 Å². The number of para-hydroxylation sites is 2. The van der Waals surface area contributed by atoms with Crippen molar-refractivity contribution in [1.82, 2.24) is 4.98 Å². The lowest BCUT2D eigenvalue weighted by Crippen LogP contribution is -2.39. The summed E-state index contributed by atoms with van der Waals surface area (Å²) in [6, 6.07) is 19.3. The first kappa shape index (κ1) is 28.4. The first-order chi connectivity index (χ1) is 22.2. The van der Waals surface area contributed by atoms with Gasteiger partial charge in [-0.3, -0.25) is 24.1 Å². The average Bonchev–Trinajstić information content (AvgIpc) is 3.61. The van der Waals surface area contributed by atoms with E-state index in [1.54, 1.807) is 36.4 Å². The van der Waals surface area contributed by atoms with Crippen LogP contribution in [0.5, 0.6) is 11.5 Å². The Balaban J connectivity index is 1.17. The Morgan fingerprint density at radius 3 is 2.52 bits per heavy atom. The van der Waals surface area contributed by atoms with E-state index in [2.05, 4.69) is 20.9 Å². The van der Waals surface area contributed by atoms with Gasteiger partial charge in [0.2, 0.25) is 17.7 Å². The van der Waals surface area contributed by atoms with Crippen molar-refractivity contribution in [2.75, 3.05) is 12.0 Å².